The highest BCUT2D eigenvalue weighted by Gasteiger charge is 2.22. The first-order valence-corrected chi connectivity index (χ1v) is 11.5. The molecule has 5 aromatic carbocycles. The average Bonchev–Trinajstić information content (AvgIpc) is 3.24. The second-order valence-electron chi connectivity index (χ2n) is 8.53. The summed E-state index contributed by atoms with van der Waals surface area (Å²) in [6, 6.07) is 38.9. The minimum absolute atomic E-state index is 0.372. The summed E-state index contributed by atoms with van der Waals surface area (Å²) >= 11 is 0. The van der Waals surface area contributed by atoms with E-state index >= 15 is 0 Å². The molecule has 1 aromatic heterocycles. The van der Waals surface area contributed by atoms with Crippen LogP contribution in [-0.2, 0) is 0 Å². The van der Waals surface area contributed by atoms with Crippen molar-refractivity contribution >= 4 is 55.9 Å². The molecule has 35 heavy (non-hydrogen) atoms. The fourth-order valence-corrected chi connectivity index (χ4v) is 4.84. The lowest BCUT2D eigenvalue weighted by molar-refractivity contribution is 1.17. The number of nitrogens with zero attached hydrogens (tertiary/aromatic N) is 2. The second kappa shape index (κ2) is 8.15. The smallest absolute Gasteiger partial charge is 0.0824 e. The van der Waals surface area contributed by atoms with Crippen molar-refractivity contribution in [2.75, 3.05) is 22.1 Å². The maximum absolute atomic E-state index is 6.66. The molecule has 0 atom stereocenters. The van der Waals surface area contributed by atoms with Gasteiger partial charge in [0.25, 0.3) is 0 Å². The second-order valence-corrected chi connectivity index (χ2v) is 8.53. The van der Waals surface area contributed by atoms with Crippen LogP contribution in [0.2, 0.25) is 0 Å². The number of benzene rings is 5. The van der Waals surface area contributed by atoms with Gasteiger partial charge in [0.1, 0.15) is 0 Å². The van der Waals surface area contributed by atoms with Crippen LogP contribution in [-0.4, -0.2) is 4.57 Å². The van der Waals surface area contributed by atoms with E-state index in [4.69, 9.17) is 17.2 Å². The first kappa shape index (κ1) is 20.7. The standard InChI is InChI=1S/C30H25N5/c31-28-26(34(20-11-3-1-4-12-20)21-13-5-2-6-14-21)19-27(29(32)30(28)33)35-24-17-9-7-15-22(24)23-16-8-10-18-25(23)35/h1-19H,31-33H2. The molecule has 5 nitrogen and oxygen atoms in total. The summed E-state index contributed by atoms with van der Waals surface area (Å²) in [6.45, 7) is 0. The van der Waals surface area contributed by atoms with Gasteiger partial charge in [-0.1, -0.05) is 72.8 Å². The summed E-state index contributed by atoms with van der Waals surface area (Å²) < 4.78 is 2.17. The van der Waals surface area contributed by atoms with Crippen molar-refractivity contribution in [1.29, 1.82) is 0 Å². The molecular weight excluding hydrogens is 430 g/mol. The van der Waals surface area contributed by atoms with Gasteiger partial charge >= 0.3 is 0 Å². The Bertz CT molecular complexity index is 1580. The Labute approximate surface area is 203 Å². The lowest BCUT2D eigenvalue weighted by atomic mass is 10.1. The fraction of sp³-hybridized carbons (Fsp3) is 0. The van der Waals surface area contributed by atoms with Crippen molar-refractivity contribution in [3.05, 3.63) is 115 Å². The molecule has 0 radical (unpaired) electrons. The number of nitrogens with two attached hydrogens (primary N) is 3. The first-order chi connectivity index (χ1) is 17.1. The van der Waals surface area contributed by atoms with E-state index in [1.165, 1.54) is 0 Å². The molecule has 6 N–H and O–H groups in total. The average molecular weight is 456 g/mol. The van der Waals surface area contributed by atoms with E-state index in [0.717, 1.165) is 44.6 Å². The molecule has 1 heterocycles. The van der Waals surface area contributed by atoms with E-state index in [-0.39, 0.29) is 0 Å². The largest absolute Gasteiger partial charge is 0.395 e. The summed E-state index contributed by atoms with van der Waals surface area (Å²) in [5.41, 5.74) is 26.8. The van der Waals surface area contributed by atoms with Gasteiger partial charge < -0.3 is 26.7 Å². The minimum atomic E-state index is 0.372. The Morgan fingerprint density at radius 3 is 1.46 bits per heavy atom. The zero-order valence-corrected chi connectivity index (χ0v) is 19.1. The van der Waals surface area contributed by atoms with Crippen molar-refractivity contribution in [3.8, 4) is 5.69 Å². The highest BCUT2D eigenvalue weighted by Crippen LogP contribution is 2.45. The first-order valence-electron chi connectivity index (χ1n) is 11.5. The summed E-state index contributed by atoms with van der Waals surface area (Å²) in [7, 11) is 0. The van der Waals surface area contributed by atoms with Gasteiger partial charge in [-0.15, -0.1) is 0 Å². The molecule has 0 bridgehead atoms. The predicted molar refractivity (Wildman–Crippen MR) is 149 cm³/mol. The molecule has 6 aromatic rings. The molecule has 0 aliphatic heterocycles. The third-order valence-corrected chi connectivity index (χ3v) is 6.50. The Kier molecular flexibility index (Phi) is 4.82. The van der Waals surface area contributed by atoms with E-state index in [1.54, 1.807) is 0 Å². The number of hydrogen-bond acceptors (Lipinski definition) is 4. The summed E-state index contributed by atoms with van der Waals surface area (Å²) in [5, 5.41) is 2.31. The number of anilines is 6. The van der Waals surface area contributed by atoms with Gasteiger partial charge in [0, 0.05) is 22.1 Å². The van der Waals surface area contributed by atoms with E-state index < -0.39 is 0 Å². The number of aromatic nitrogens is 1. The van der Waals surface area contributed by atoms with Crippen LogP contribution in [0.15, 0.2) is 115 Å². The van der Waals surface area contributed by atoms with Crippen molar-refractivity contribution < 1.29 is 0 Å². The van der Waals surface area contributed by atoms with Crippen LogP contribution >= 0.6 is 0 Å². The van der Waals surface area contributed by atoms with Gasteiger partial charge in [0.15, 0.2) is 0 Å². The molecule has 6 rings (SSSR count). The monoisotopic (exact) mass is 455 g/mol. The van der Waals surface area contributed by atoms with E-state index in [9.17, 15) is 0 Å². The highest BCUT2D eigenvalue weighted by molar-refractivity contribution is 6.10. The molecule has 5 heteroatoms. The van der Waals surface area contributed by atoms with Crippen LogP contribution < -0.4 is 22.1 Å². The van der Waals surface area contributed by atoms with Crippen LogP contribution in [0.25, 0.3) is 27.5 Å². The summed E-state index contributed by atoms with van der Waals surface area (Å²) in [6.07, 6.45) is 0. The molecule has 0 aliphatic rings. The Morgan fingerprint density at radius 1 is 0.486 bits per heavy atom. The number of hydrogen-bond donors (Lipinski definition) is 3. The molecule has 0 saturated carbocycles. The molecule has 0 unspecified atom stereocenters. The van der Waals surface area contributed by atoms with Gasteiger partial charge in [-0.2, -0.15) is 0 Å². The topological polar surface area (TPSA) is 86.2 Å². The maximum Gasteiger partial charge on any atom is 0.0824 e. The number of rotatable bonds is 4. The molecule has 0 saturated heterocycles. The van der Waals surface area contributed by atoms with Crippen LogP contribution in [0.1, 0.15) is 0 Å². The fourth-order valence-electron chi connectivity index (χ4n) is 4.84. The van der Waals surface area contributed by atoms with E-state index in [0.29, 0.717) is 17.1 Å². The van der Waals surface area contributed by atoms with Crippen LogP contribution in [0, 0.1) is 0 Å². The quantitative estimate of drug-likeness (QED) is 0.250. The molecule has 0 aliphatic carbocycles. The molecule has 0 spiro atoms. The zero-order chi connectivity index (χ0) is 23.9. The van der Waals surface area contributed by atoms with Crippen LogP contribution in [0.3, 0.4) is 0 Å². The molecular formula is C30H25N5. The van der Waals surface area contributed by atoms with Gasteiger partial charge in [0.05, 0.1) is 39.5 Å². The zero-order valence-electron chi connectivity index (χ0n) is 19.1. The van der Waals surface area contributed by atoms with Crippen molar-refractivity contribution in [2.24, 2.45) is 0 Å². The Hall–Kier alpha value is -4.90. The Balaban J connectivity index is 1.69. The Morgan fingerprint density at radius 2 is 0.943 bits per heavy atom. The van der Waals surface area contributed by atoms with Crippen molar-refractivity contribution in [3.63, 3.8) is 0 Å². The normalized spacial score (nSPS) is 11.2. The third-order valence-electron chi connectivity index (χ3n) is 6.50. The summed E-state index contributed by atoms with van der Waals surface area (Å²) in [5.74, 6) is 0. The summed E-state index contributed by atoms with van der Waals surface area (Å²) in [4.78, 5) is 2.11. The van der Waals surface area contributed by atoms with Crippen LogP contribution in [0.4, 0.5) is 34.1 Å². The lowest BCUT2D eigenvalue weighted by Crippen LogP contribution is -2.15. The lowest BCUT2D eigenvalue weighted by Gasteiger charge is -2.28. The minimum Gasteiger partial charge on any atom is -0.395 e. The number of para-hydroxylation sites is 4. The van der Waals surface area contributed by atoms with Crippen molar-refractivity contribution in [2.45, 2.75) is 0 Å². The van der Waals surface area contributed by atoms with Crippen LogP contribution in [0.5, 0.6) is 0 Å². The molecule has 0 fully saturated rings. The predicted octanol–water partition coefficient (Wildman–Crippen LogP) is 7.00. The highest BCUT2D eigenvalue weighted by atomic mass is 15.2. The van der Waals surface area contributed by atoms with Crippen molar-refractivity contribution in [1.82, 2.24) is 4.57 Å². The van der Waals surface area contributed by atoms with Gasteiger partial charge in [-0.05, 0) is 42.5 Å². The van der Waals surface area contributed by atoms with E-state index in [1.807, 2.05) is 54.6 Å². The van der Waals surface area contributed by atoms with E-state index in [2.05, 4.69) is 70.1 Å². The molecule has 0 amide bonds. The SMILES string of the molecule is Nc1c(N(c2ccccc2)c2ccccc2)cc(-n2c3ccccc3c3ccccc32)c(N)c1N. The number of fused-ring (bicyclic) bond motifs is 3. The third kappa shape index (κ3) is 3.25. The van der Waals surface area contributed by atoms with Gasteiger partial charge in [-0.3, -0.25) is 0 Å². The molecule has 170 valence electrons. The maximum atomic E-state index is 6.66. The van der Waals surface area contributed by atoms with Gasteiger partial charge in [0.2, 0.25) is 0 Å². The number of nitrogen functional groups attached to an aromatic ring is 3. The van der Waals surface area contributed by atoms with Gasteiger partial charge in [-0.25, -0.2) is 0 Å².